The summed E-state index contributed by atoms with van der Waals surface area (Å²) in [5, 5.41) is 1.03. The molecule has 0 spiro atoms. The van der Waals surface area contributed by atoms with Gasteiger partial charge in [-0.15, -0.1) is 0 Å². The van der Waals surface area contributed by atoms with Crippen molar-refractivity contribution in [1.29, 1.82) is 0 Å². The van der Waals surface area contributed by atoms with Gasteiger partial charge in [0.05, 0.1) is 12.2 Å². The highest BCUT2D eigenvalue weighted by Gasteiger charge is 2.32. The normalized spacial score (nSPS) is 18.9. The van der Waals surface area contributed by atoms with Crippen molar-refractivity contribution in [3.63, 3.8) is 0 Å². The number of carbonyl (C=O) groups is 2. The zero-order chi connectivity index (χ0) is 24.9. The Balaban J connectivity index is 1.90. The fourth-order valence-electron chi connectivity index (χ4n) is 4.47. The van der Waals surface area contributed by atoms with Crippen molar-refractivity contribution >= 4 is 23.6 Å². The molecule has 7 nitrogen and oxygen atoms in total. The third-order valence-electron chi connectivity index (χ3n) is 6.19. The van der Waals surface area contributed by atoms with Crippen LogP contribution in [0, 0.1) is 0 Å². The van der Waals surface area contributed by atoms with E-state index in [-0.39, 0.29) is 17.9 Å². The van der Waals surface area contributed by atoms with Gasteiger partial charge >= 0.3 is 6.09 Å². The summed E-state index contributed by atoms with van der Waals surface area (Å²) in [4.78, 5) is 37.1. The largest absolute Gasteiger partial charge is 0.444 e. The summed E-state index contributed by atoms with van der Waals surface area (Å²) in [5.74, 6) is 0.155. The van der Waals surface area contributed by atoms with Gasteiger partial charge in [0.25, 0.3) is 0 Å². The van der Waals surface area contributed by atoms with E-state index in [1.165, 1.54) is 0 Å². The van der Waals surface area contributed by atoms with E-state index in [2.05, 4.69) is 36.7 Å². The lowest BCUT2D eigenvalue weighted by Gasteiger charge is -2.42. The number of amides is 1. The van der Waals surface area contributed by atoms with E-state index >= 15 is 0 Å². The van der Waals surface area contributed by atoms with E-state index in [0.29, 0.717) is 32.6 Å². The molecular formula is C27H40N4O3. The van der Waals surface area contributed by atoms with Crippen LogP contribution in [0.1, 0.15) is 72.8 Å². The van der Waals surface area contributed by atoms with Gasteiger partial charge < -0.3 is 19.5 Å². The average molecular weight is 469 g/mol. The number of allylic oxidation sites excluding steroid dienone is 1. The Morgan fingerprint density at radius 2 is 2.03 bits per heavy atom. The smallest absolute Gasteiger partial charge is 0.410 e. The number of aromatic amines is 1. The van der Waals surface area contributed by atoms with Crippen LogP contribution in [0.15, 0.2) is 28.9 Å². The summed E-state index contributed by atoms with van der Waals surface area (Å²) >= 11 is 0. The van der Waals surface area contributed by atoms with Gasteiger partial charge in [-0.25, -0.2) is 4.79 Å². The van der Waals surface area contributed by atoms with Gasteiger partial charge in [-0.2, -0.15) is 0 Å². The number of fused-ring (bicyclic) bond motifs is 1. The van der Waals surface area contributed by atoms with E-state index < -0.39 is 5.60 Å². The molecule has 1 saturated heterocycles. The van der Waals surface area contributed by atoms with Crippen LogP contribution in [-0.2, 0) is 9.53 Å². The molecule has 1 fully saturated rings. The average Bonchev–Trinajstić information content (AvgIpc) is 3.07. The molecule has 1 atom stereocenters. The van der Waals surface area contributed by atoms with Crippen LogP contribution in [0.5, 0.6) is 0 Å². The van der Waals surface area contributed by atoms with Crippen molar-refractivity contribution in [2.45, 2.75) is 78.9 Å². The topological polar surface area (TPSA) is 78.0 Å². The van der Waals surface area contributed by atoms with Crippen molar-refractivity contribution in [3.8, 4) is 0 Å². The van der Waals surface area contributed by atoms with Crippen molar-refractivity contribution in [3.05, 3.63) is 40.2 Å². The SMILES string of the molecule is CCCCCC(=O)/C=C/c1c[nH]c2c1=C(N1CCN(C(=O)OC(C)(C)C)C[C@@H]1C)C(C)=CCN=2. The lowest BCUT2D eigenvalue weighted by atomic mass is 10.0. The molecule has 1 aromatic rings. The van der Waals surface area contributed by atoms with Crippen molar-refractivity contribution < 1.29 is 14.3 Å². The molecule has 186 valence electrons. The van der Waals surface area contributed by atoms with E-state index in [0.717, 1.165) is 46.8 Å². The molecular weight excluding hydrogens is 428 g/mol. The molecule has 7 heteroatoms. The van der Waals surface area contributed by atoms with Crippen LogP contribution in [0.4, 0.5) is 4.79 Å². The van der Waals surface area contributed by atoms with Crippen LogP contribution >= 0.6 is 0 Å². The molecule has 0 aromatic carbocycles. The lowest BCUT2D eigenvalue weighted by molar-refractivity contribution is -0.114. The van der Waals surface area contributed by atoms with Crippen LogP contribution < -0.4 is 10.7 Å². The summed E-state index contributed by atoms with van der Waals surface area (Å²) in [6.45, 7) is 14.5. The van der Waals surface area contributed by atoms with Crippen molar-refractivity contribution in [2.24, 2.45) is 4.99 Å². The minimum Gasteiger partial charge on any atom is -0.444 e. The van der Waals surface area contributed by atoms with E-state index in [1.807, 2.05) is 33.0 Å². The lowest BCUT2D eigenvalue weighted by Crippen LogP contribution is -2.55. The van der Waals surface area contributed by atoms with Crippen LogP contribution in [0.25, 0.3) is 11.8 Å². The van der Waals surface area contributed by atoms with Gasteiger partial charge in [-0.05, 0) is 58.8 Å². The van der Waals surface area contributed by atoms with E-state index in [4.69, 9.17) is 9.73 Å². The molecule has 1 amide bonds. The van der Waals surface area contributed by atoms with Crippen LogP contribution in [0.2, 0.25) is 0 Å². The maximum atomic E-state index is 12.6. The Kier molecular flexibility index (Phi) is 8.39. The predicted molar refractivity (Wildman–Crippen MR) is 136 cm³/mol. The van der Waals surface area contributed by atoms with Crippen LogP contribution in [0.3, 0.4) is 0 Å². The van der Waals surface area contributed by atoms with Gasteiger partial charge in [0.15, 0.2) is 5.78 Å². The highest BCUT2D eigenvalue weighted by molar-refractivity contribution is 5.93. The maximum absolute atomic E-state index is 12.6. The van der Waals surface area contributed by atoms with Crippen LogP contribution in [-0.4, -0.2) is 64.5 Å². The molecule has 0 radical (unpaired) electrons. The first-order chi connectivity index (χ1) is 16.1. The number of nitrogens with one attached hydrogen (secondary N) is 1. The number of ether oxygens (including phenoxy) is 1. The number of carbonyl (C=O) groups excluding carboxylic acids is 2. The molecule has 0 aliphatic carbocycles. The molecule has 3 rings (SSSR count). The molecule has 2 aliphatic rings. The first-order valence-corrected chi connectivity index (χ1v) is 12.5. The second-order valence-electron chi connectivity index (χ2n) is 10.3. The minimum atomic E-state index is -0.510. The third kappa shape index (κ3) is 6.39. The van der Waals surface area contributed by atoms with Crippen molar-refractivity contribution in [1.82, 2.24) is 14.8 Å². The first kappa shape index (κ1) is 25.8. The second kappa shape index (κ2) is 11.1. The Labute approximate surface area is 203 Å². The molecule has 3 heterocycles. The minimum absolute atomic E-state index is 0.105. The summed E-state index contributed by atoms with van der Waals surface area (Å²) in [7, 11) is 0. The highest BCUT2D eigenvalue weighted by atomic mass is 16.6. The number of rotatable bonds is 7. The van der Waals surface area contributed by atoms with Gasteiger partial charge in [0, 0.05) is 49.1 Å². The molecule has 1 aromatic heterocycles. The zero-order valence-electron chi connectivity index (χ0n) is 21.6. The molecule has 0 bridgehead atoms. The van der Waals surface area contributed by atoms with E-state index in [1.54, 1.807) is 11.0 Å². The first-order valence-electron chi connectivity index (χ1n) is 12.5. The fourth-order valence-corrected chi connectivity index (χ4v) is 4.47. The Hall–Kier alpha value is -2.83. The number of H-pyrrole nitrogens is 1. The summed E-state index contributed by atoms with van der Waals surface area (Å²) in [6, 6.07) is 0.105. The third-order valence-corrected chi connectivity index (χ3v) is 6.19. The predicted octanol–water partition coefficient (Wildman–Crippen LogP) is 3.81. The molecule has 0 saturated carbocycles. The van der Waals surface area contributed by atoms with Gasteiger partial charge in [-0.1, -0.05) is 25.8 Å². The van der Waals surface area contributed by atoms with Gasteiger partial charge in [0.1, 0.15) is 11.1 Å². The summed E-state index contributed by atoms with van der Waals surface area (Å²) in [5.41, 5.74) is 3.57. The second-order valence-corrected chi connectivity index (χ2v) is 10.3. The fraction of sp³-hybridized carbons (Fsp3) is 0.593. The Bertz CT molecular complexity index is 1070. The van der Waals surface area contributed by atoms with Crippen molar-refractivity contribution in [2.75, 3.05) is 26.2 Å². The number of ketones is 1. The monoisotopic (exact) mass is 468 g/mol. The number of hydrogen-bond acceptors (Lipinski definition) is 5. The summed E-state index contributed by atoms with van der Waals surface area (Å²) < 4.78 is 5.59. The summed E-state index contributed by atoms with van der Waals surface area (Å²) in [6.07, 6.45) is 11.1. The number of hydrogen-bond donors (Lipinski definition) is 1. The van der Waals surface area contributed by atoms with Gasteiger partial charge in [-0.3, -0.25) is 9.79 Å². The number of unbranched alkanes of at least 4 members (excludes halogenated alkanes) is 2. The van der Waals surface area contributed by atoms with E-state index in [9.17, 15) is 9.59 Å². The Morgan fingerprint density at radius 3 is 2.71 bits per heavy atom. The highest BCUT2D eigenvalue weighted by Crippen LogP contribution is 2.24. The number of nitrogens with zero attached hydrogens (tertiary/aromatic N) is 3. The number of piperazine rings is 1. The molecule has 1 N–H and O–H groups in total. The maximum Gasteiger partial charge on any atom is 0.410 e. The standard InChI is InChI=1S/C27H40N4O3/c1-7-8-9-10-22(32)12-11-21-17-29-25-23(21)24(19(2)13-14-28-25)31-16-15-30(18-20(31)3)26(33)34-27(4,5)6/h11-13,17,20H,7-10,14-16,18H2,1-6H3,(H,28,29)/b12-11+/t20-/m0/s1. The zero-order valence-corrected chi connectivity index (χ0v) is 21.6. The molecule has 2 aliphatic heterocycles. The molecule has 0 unspecified atom stereocenters. The Morgan fingerprint density at radius 1 is 1.26 bits per heavy atom. The number of aromatic nitrogens is 1. The van der Waals surface area contributed by atoms with Gasteiger partial charge in [0.2, 0.25) is 0 Å². The quantitative estimate of drug-likeness (QED) is 0.488. The molecule has 34 heavy (non-hydrogen) atoms.